The molecule has 2 aromatic rings. The maximum Gasteiger partial charge on any atom is 0.321 e. The highest BCUT2D eigenvalue weighted by Gasteiger charge is 2.30. The lowest BCUT2D eigenvalue weighted by Crippen LogP contribution is -2.47. The molecule has 0 radical (unpaired) electrons. The minimum absolute atomic E-state index is 0.0963. The van der Waals surface area contributed by atoms with E-state index in [0.717, 1.165) is 50.4 Å². The van der Waals surface area contributed by atoms with Gasteiger partial charge in [0.25, 0.3) is 0 Å². The van der Waals surface area contributed by atoms with E-state index in [1.807, 2.05) is 54.4 Å². The zero-order valence-corrected chi connectivity index (χ0v) is 18.7. The van der Waals surface area contributed by atoms with Gasteiger partial charge in [-0.25, -0.2) is 4.79 Å². The fourth-order valence-electron chi connectivity index (χ4n) is 4.49. The van der Waals surface area contributed by atoms with E-state index in [1.165, 1.54) is 5.69 Å². The SMILES string of the molecule is CN(Cc1ccccc1N1CCOCC1)C(=O)[C@@H]1CCCN(C(=O)Nc2ccccc2)C1. The number of carbonyl (C=O) groups excluding carboxylic acids is 2. The Balaban J connectivity index is 1.37. The molecular formula is C25H32N4O3. The Bertz CT molecular complexity index is 914. The zero-order valence-electron chi connectivity index (χ0n) is 18.7. The van der Waals surface area contributed by atoms with Crippen molar-refractivity contribution in [1.29, 1.82) is 0 Å². The van der Waals surface area contributed by atoms with Crippen molar-refractivity contribution in [2.24, 2.45) is 5.92 Å². The molecule has 2 aromatic carbocycles. The number of para-hydroxylation sites is 2. The fourth-order valence-corrected chi connectivity index (χ4v) is 4.49. The molecule has 1 atom stereocenters. The summed E-state index contributed by atoms with van der Waals surface area (Å²) in [5.74, 6) is -0.0789. The third-order valence-electron chi connectivity index (χ3n) is 6.21. The summed E-state index contributed by atoms with van der Waals surface area (Å²) in [6, 6.07) is 17.6. The zero-order chi connectivity index (χ0) is 22.3. The quantitative estimate of drug-likeness (QED) is 0.780. The van der Waals surface area contributed by atoms with Crippen LogP contribution in [-0.4, -0.2) is 68.2 Å². The molecule has 1 N–H and O–H groups in total. The molecule has 7 nitrogen and oxygen atoms in total. The third-order valence-corrected chi connectivity index (χ3v) is 6.21. The average Bonchev–Trinajstić information content (AvgIpc) is 2.85. The predicted octanol–water partition coefficient (Wildman–Crippen LogP) is 3.43. The van der Waals surface area contributed by atoms with Crippen molar-refractivity contribution in [3.8, 4) is 0 Å². The summed E-state index contributed by atoms with van der Waals surface area (Å²) in [6.45, 7) is 4.86. The third kappa shape index (κ3) is 5.40. The molecule has 3 amide bonds. The minimum atomic E-state index is -0.175. The topological polar surface area (TPSA) is 65.1 Å². The van der Waals surface area contributed by atoms with Crippen LogP contribution < -0.4 is 10.2 Å². The van der Waals surface area contributed by atoms with Crippen molar-refractivity contribution in [1.82, 2.24) is 9.80 Å². The molecule has 2 aliphatic rings. The summed E-state index contributed by atoms with van der Waals surface area (Å²) in [7, 11) is 1.86. The van der Waals surface area contributed by atoms with Crippen LogP contribution in [0.15, 0.2) is 54.6 Å². The molecule has 7 heteroatoms. The van der Waals surface area contributed by atoms with E-state index in [0.29, 0.717) is 19.6 Å². The second-order valence-corrected chi connectivity index (χ2v) is 8.50. The van der Waals surface area contributed by atoms with E-state index in [2.05, 4.69) is 22.3 Å². The standard InChI is InChI=1S/C25H32N4O3/c1-27(18-20-8-5-6-12-23(20)28-14-16-32-17-15-28)24(30)21-9-7-13-29(19-21)25(31)26-22-10-3-2-4-11-22/h2-6,8,10-12,21H,7,9,13-19H2,1H3,(H,26,31)/t21-/m1/s1. The first-order valence-electron chi connectivity index (χ1n) is 11.4. The smallest absolute Gasteiger partial charge is 0.321 e. The summed E-state index contributed by atoms with van der Waals surface area (Å²) in [5.41, 5.74) is 3.07. The molecule has 2 heterocycles. The van der Waals surface area contributed by atoms with E-state index in [9.17, 15) is 9.59 Å². The normalized spacial score (nSPS) is 18.8. The molecule has 4 rings (SSSR count). The number of amides is 3. The van der Waals surface area contributed by atoms with Gasteiger partial charge in [0.2, 0.25) is 5.91 Å². The van der Waals surface area contributed by atoms with Gasteiger partial charge in [0.1, 0.15) is 0 Å². The Morgan fingerprint density at radius 1 is 1.03 bits per heavy atom. The van der Waals surface area contributed by atoms with Crippen LogP contribution in [0.25, 0.3) is 0 Å². The number of likely N-dealkylation sites (tertiary alicyclic amines) is 1. The van der Waals surface area contributed by atoms with Gasteiger partial charge in [-0.05, 0) is 36.6 Å². The highest BCUT2D eigenvalue weighted by atomic mass is 16.5. The van der Waals surface area contributed by atoms with Crippen molar-refractivity contribution in [2.45, 2.75) is 19.4 Å². The number of hydrogen-bond acceptors (Lipinski definition) is 4. The maximum absolute atomic E-state index is 13.3. The van der Waals surface area contributed by atoms with Crippen LogP contribution in [0, 0.1) is 5.92 Å². The molecule has 0 saturated carbocycles. The van der Waals surface area contributed by atoms with E-state index < -0.39 is 0 Å². The van der Waals surface area contributed by atoms with E-state index >= 15 is 0 Å². The van der Waals surface area contributed by atoms with Crippen molar-refractivity contribution in [3.05, 3.63) is 60.2 Å². The van der Waals surface area contributed by atoms with Gasteiger partial charge >= 0.3 is 6.03 Å². The first kappa shape index (κ1) is 22.1. The molecule has 2 saturated heterocycles. The molecule has 0 aromatic heterocycles. The summed E-state index contributed by atoms with van der Waals surface area (Å²) in [5, 5.41) is 2.93. The van der Waals surface area contributed by atoms with Gasteiger partial charge < -0.3 is 24.8 Å². The van der Waals surface area contributed by atoms with Crippen molar-refractivity contribution in [3.63, 3.8) is 0 Å². The molecule has 0 unspecified atom stereocenters. The largest absolute Gasteiger partial charge is 0.378 e. The lowest BCUT2D eigenvalue weighted by molar-refractivity contribution is -0.136. The van der Waals surface area contributed by atoms with Gasteiger partial charge in [-0.3, -0.25) is 4.79 Å². The van der Waals surface area contributed by atoms with E-state index in [4.69, 9.17) is 4.74 Å². The first-order chi connectivity index (χ1) is 15.6. The Labute approximate surface area is 189 Å². The van der Waals surface area contributed by atoms with E-state index in [-0.39, 0.29) is 17.9 Å². The van der Waals surface area contributed by atoms with Crippen molar-refractivity contribution in [2.75, 3.05) is 56.7 Å². The summed E-state index contributed by atoms with van der Waals surface area (Å²) >= 11 is 0. The number of carbonyl (C=O) groups is 2. The molecule has 170 valence electrons. The number of piperidine rings is 1. The van der Waals surface area contributed by atoms with Gasteiger partial charge in [0.15, 0.2) is 0 Å². The van der Waals surface area contributed by atoms with Crippen molar-refractivity contribution >= 4 is 23.3 Å². The van der Waals surface area contributed by atoms with Crippen LogP contribution in [0.1, 0.15) is 18.4 Å². The number of rotatable bonds is 5. The van der Waals surface area contributed by atoms with Crippen LogP contribution >= 0.6 is 0 Å². The molecule has 2 aliphatic heterocycles. The van der Waals surface area contributed by atoms with Gasteiger partial charge in [-0.1, -0.05) is 36.4 Å². The first-order valence-corrected chi connectivity index (χ1v) is 11.4. The molecule has 0 bridgehead atoms. The monoisotopic (exact) mass is 436 g/mol. The molecule has 0 spiro atoms. The van der Waals surface area contributed by atoms with Gasteiger partial charge in [-0.2, -0.15) is 0 Å². The number of morpholine rings is 1. The fraction of sp³-hybridized carbons (Fsp3) is 0.440. The average molecular weight is 437 g/mol. The maximum atomic E-state index is 13.3. The van der Waals surface area contributed by atoms with Gasteiger partial charge in [-0.15, -0.1) is 0 Å². The van der Waals surface area contributed by atoms with Crippen LogP contribution in [0.4, 0.5) is 16.2 Å². The van der Waals surface area contributed by atoms with Gasteiger partial charge in [0.05, 0.1) is 19.1 Å². The summed E-state index contributed by atoms with van der Waals surface area (Å²) in [6.07, 6.45) is 1.64. The van der Waals surface area contributed by atoms with Crippen LogP contribution in [0.3, 0.4) is 0 Å². The number of ether oxygens (including phenoxy) is 1. The number of nitrogens with one attached hydrogen (secondary N) is 1. The van der Waals surface area contributed by atoms with Gasteiger partial charge in [0, 0.05) is 51.1 Å². The van der Waals surface area contributed by atoms with Crippen LogP contribution in [-0.2, 0) is 16.1 Å². The Kier molecular flexibility index (Phi) is 7.27. The highest BCUT2D eigenvalue weighted by molar-refractivity contribution is 5.90. The Hall–Kier alpha value is -3.06. The Morgan fingerprint density at radius 2 is 1.75 bits per heavy atom. The Morgan fingerprint density at radius 3 is 2.53 bits per heavy atom. The number of anilines is 2. The molecule has 2 fully saturated rings. The second kappa shape index (κ2) is 10.5. The summed E-state index contributed by atoms with van der Waals surface area (Å²) < 4.78 is 5.48. The van der Waals surface area contributed by atoms with Crippen LogP contribution in [0.5, 0.6) is 0 Å². The number of hydrogen-bond donors (Lipinski definition) is 1. The molecular weight excluding hydrogens is 404 g/mol. The summed E-state index contributed by atoms with van der Waals surface area (Å²) in [4.78, 5) is 31.8. The number of benzene rings is 2. The molecule has 32 heavy (non-hydrogen) atoms. The minimum Gasteiger partial charge on any atom is -0.378 e. The lowest BCUT2D eigenvalue weighted by Gasteiger charge is -2.35. The highest BCUT2D eigenvalue weighted by Crippen LogP contribution is 2.25. The van der Waals surface area contributed by atoms with Crippen LogP contribution in [0.2, 0.25) is 0 Å². The molecule has 0 aliphatic carbocycles. The second-order valence-electron chi connectivity index (χ2n) is 8.50. The number of nitrogens with zero attached hydrogens (tertiary/aromatic N) is 3. The van der Waals surface area contributed by atoms with E-state index in [1.54, 1.807) is 4.90 Å². The van der Waals surface area contributed by atoms with Crippen molar-refractivity contribution < 1.29 is 14.3 Å². The number of urea groups is 1. The lowest BCUT2D eigenvalue weighted by atomic mass is 9.96. The predicted molar refractivity (Wildman–Crippen MR) is 126 cm³/mol.